The van der Waals surface area contributed by atoms with Crippen LogP contribution in [-0.4, -0.2) is 185 Å². The number of nitrogens with zero attached hydrogens (tertiary/aromatic N) is 4. The molecule has 1 heterocycles. The molecule has 0 fully saturated rings. The predicted octanol–water partition coefficient (Wildman–Crippen LogP) is -3.79. The number of hydrogen-bond donors (Lipinski definition) is 12. The average molecular weight is 856 g/mol. The second kappa shape index (κ2) is 24.2. The maximum absolute atomic E-state index is 12.4. The number of hydrogen-bond acceptors (Lipinski definition) is 16. The number of carbonyl (C=O) groups is 8. The van der Waals surface area contributed by atoms with Crippen LogP contribution in [0.5, 0.6) is 11.8 Å². The number of carboxylic acid groups (broad SMARTS) is 5. The molecule has 0 unspecified atom stereocenters. The van der Waals surface area contributed by atoms with Crippen LogP contribution >= 0.6 is 12.2 Å². The normalized spacial score (nSPS) is 12.0. The highest BCUT2D eigenvalue weighted by Crippen LogP contribution is 2.19. The van der Waals surface area contributed by atoms with Crippen molar-refractivity contribution in [3.63, 3.8) is 0 Å². The molecule has 2 aromatic rings. The van der Waals surface area contributed by atoms with E-state index in [0.717, 1.165) is 21.9 Å². The van der Waals surface area contributed by atoms with Gasteiger partial charge in [-0.2, -0.15) is 0 Å². The van der Waals surface area contributed by atoms with E-state index in [-0.39, 0.29) is 24.6 Å². The van der Waals surface area contributed by atoms with E-state index in [2.05, 4.69) is 26.7 Å². The number of aromatic nitrogens is 1. The van der Waals surface area contributed by atoms with Crippen molar-refractivity contribution in [3.05, 3.63) is 42.0 Å². The molecular weight excluding hydrogens is 810 g/mol. The second-order valence-corrected chi connectivity index (χ2v) is 13.1. The number of amides is 3. The lowest BCUT2D eigenvalue weighted by molar-refractivity contribution is -0.144. The van der Waals surface area contributed by atoms with Crippen LogP contribution in [0.4, 0.5) is 5.69 Å². The molecule has 3 amide bonds. The van der Waals surface area contributed by atoms with Gasteiger partial charge in [0.25, 0.3) is 0 Å². The van der Waals surface area contributed by atoms with Crippen LogP contribution in [0.2, 0.25) is 0 Å². The Bertz CT molecular complexity index is 1780. The number of nitrogens with one attached hydrogen (secondary N) is 5. The number of carbonyl (C=O) groups excluding carboxylic acids is 3. The Labute approximate surface area is 340 Å². The molecule has 0 aliphatic heterocycles. The van der Waals surface area contributed by atoms with Gasteiger partial charge in [0, 0.05) is 43.0 Å². The number of benzene rings is 1. The molecule has 0 saturated carbocycles. The second-order valence-electron chi connectivity index (χ2n) is 12.7. The summed E-state index contributed by atoms with van der Waals surface area (Å²) in [6.07, 6.45) is 0.0139. The van der Waals surface area contributed by atoms with Crippen LogP contribution in [0.15, 0.2) is 36.4 Å². The zero-order valence-electron chi connectivity index (χ0n) is 31.4. The first-order chi connectivity index (χ1) is 27.7. The van der Waals surface area contributed by atoms with Gasteiger partial charge in [-0.05, 0) is 43.3 Å². The van der Waals surface area contributed by atoms with Crippen LogP contribution in [0, 0.1) is 0 Å². The molecule has 1 aromatic heterocycles. The summed E-state index contributed by atoms with van der Waals surface area (Å²) in [6.45, 7) is -3.91. The molecule has 0 spiro atoms. The van der Waals surface area contributed by atoms with Crippen molar-refractivity contribution >= 4 is 70.6 Å². The smallest absolute Gasteiger partial charge is 0.317 e. The maximum atomic E-state index is 12.4. The molecule has 12 N–H and O–H groups in total. The fourth-order valence-corrected chi connectivity index (χ4v) is 5.70. The molecule has 0 saturated heterocycles. The van der Waals surface area contributed by atoms with Crippen LogP contribution in [-0.2, 0) is 44.8 Å². The maximum Gasteiger partial charge on any atom is 0.317 e. The minimum Gasteiger partial charge on any atom is -0.492 e. The number of rotatable bonds is 27. The van der Waals surface area contributed by atoms with E-state index in [1.807, 2.05) is 0 Å². The lowest BCUT2D eigenvalue weighted by Crippen LogP contribution is -2.55. The molecule has 324 valence electrons. The fourth-order valence-electron chi connectivity index (χ4n) is 5.47. The third-order valence-corrected chi connectivity index (χ3v) is 8.00. The molecule has 25 nitrogen and oxygen atoms in total. The summed E-state index contributed by atoms with van der Waals surface area (Å²) in [5, 5.41) is 75.7. The molecule has 0 aliphatic rings. The Kier molecular flexibility index (Phi) is 19.9. The number of aliphatic carboxylic acids is 5. The van der Waals surface area contributed by atoms with Gasteiger partial charge in [0.05, 0.1) is 45.8 Å². The van der Waals surface area contributed by atoms with Crippen molar-refractivity contribution in [1.29, 1.82) is 0 Å². The van der Waals surface area contributed by atoms with Crippen molar-refractivity contribution in [1.82, 2.24) is 40.9 Å². The van der Waals surface area contributed by atoms with E-state index in [4.69, 9.17) is 17.2 Å². The topological polar surface area (TPSA) is 362 Å². The minimum atomic E-state index is -1.35. The van der Waals surface area contributed by atoms with Gasteiger partial charge >= 0.3 is 29.8 Å². The predicted molar refractivity (Wildman–Crippen MR) is 204 cm³/mol. The van der Waals surface area contributed by atoms with E-state index in [0.29, 0.717) is 16.0 Å². The molecule has 1 aromatic carbocycles. The highest BCUT2D eigenvalue weighted by molar-refractivity contribution is 7.80. The molecule has 0 bridgehead atoms. The Morgan fingerprint density at radius 2 is 1.12 bits per heavy atom. The Morgan fingerprint density at radius 3 is 1.61 bits per heavy atom. The van der Waals surface area contributed by atoms with Gasteiger partial charge in [-0.3, -0.25) is 53.1 Å². The van der Waals surface area contributed by atoms with E-state index in [1.165, 1.54) is 24.0 Å². The first-order valence-corrected chi connectivity index (χ1v) is 17.7. The zero-order valence-corrected chi connectivity index (χ0v) is 32.2. The van der Waals surface area contributed by atoms with E-state index in [1.54, 1.807) is 12.1 Å². The van der Waals surface area contributed by atoms with Crippen LogP contribution in [0.25, 0.3) is 0 Å². The Balaban J connectivity index is 2.05. The molecule has 2 rings (SSSR count). The molecule has 26 heteroatoms. The largest absolute Gasteiger partial charge is 0.492 e. The summed E-state index contributed by atoms with van der Waals surface area (Å²) in [4.78, 5) is 103. The van der Waals surface area contributed by atoms with Crippen molar-refractivity contribution in [2.24, 2.45) is 0 Å². The number of aromatic hydroxyl groups is 2. The highest BCUT2D eigenvalue weighted by Gasteiger charge is 2.31. The van der Waals surface area contributed by atoms with Gasteiger partial charge in [0.15, 0.2) is 5.11 Å². The lowest BCUT2D eigenvalue weighted by atomic mass is 10.0. The van der Waals surface area contributed by atoms with E-state index >= 15 is 0 Å². The first-order valence-electron chi connectivity index (χ1n) is 17.2. The number of anilines is 1. The average Bonchev–Trinajstić information content (AvgIpc) is 3.43. The highest BCUT2D eigenvalue weighted by atomic mass is 32.1. The van der Waals surface area contributed by atoms with Crippen molar-refractivity contribution in [2.75, 3.05) is 70.8 Å². The lowest BCUT2D eigenvalue weighted by Gasteiger charge is -2.39. The molecule has 0 aliphatic carbocycles. The SMILES string of the molecule is C[C@@H](CN(CC(=O)O)CC(=O)O)N(CC(=O)O)[C@H](Cc1ccc(NC(=S)NC(=O)CNC(=O)CNC(=O)CNOn2c(O)ccc2O)cc1)CN(CC(=O)O)CC(=O)O. The Morgan fingerprint density at radius 1 is 0.661 bits per heavy atom. The molecule has 2 atom stereocenters. The summed E-state index contributed by atoms with van der Waals surface area (Å²) >= 11 is 5.17. The number of thiocarbonyl (C=S) groups is 1. The summed E-state index contributed by atoms with van der Waals surface area (Å²) in [6, 6.07) is 6.80. The van der Waals surface area contributed by atoms with E-state index in [9.17, 15) is 74.1 Å². The fraction of sp³-hybridized carbons (Fsp3) is 0.424. The van der Waals surface area contributed by atoms with Gasteiger partial charge in [-0.15, -0.1) is 5.48 Å². The summed E-state index contributed by atoms with van der Waals surface area (Å²) in [5.41, 5.74) is 3.09. The van der Waals surface area contributed by atoms with Gasteiger partial charge in [0.2, 0.25) is 29.5 Å². The number of carboxylic acids is 5. The van der Waals surface area contributed by atoms with Gasteiger partial charge < -0.3 is 62.0 Å². The van der Waals surface area contributed by atoms with Crippen molar-refractivity contribution in [2.45, 2.75) is 25.4 Å². The minimum absolute atomic E-state index is 0.0139. The molecule has 0 radical (unpaired) electrons. The van der Waals surface area contributed by atoms with Gasteiger partial charge in [-0.1, -0.05) is 16.9 Å². The third kappa shape index (κ3) is 19.4. The summed E-state index contributed by atoms with van der Waals surface area (Å²) in [5.74, 6) is -9.72. The van der Waals surface area contributed by atoms with Crippen molar-refractivity contribution in [3.8, 4) is 11.8 Å². The number of hydroxylamine groups is 1. The standard InChI is InChI=1S/C33H45N9O16S/c1-19(12-39(14-28(48)49)15-29(50)51)41(18-32(56)57)22(13-40(16-30(52)53)17-31(54)55)8-20-2-4-21(5-3-20)37-33(59)38-25(45)10-35-23(43)9-34-24(44)11-36-58-42-26(46)6-7-27(42)47/h2-7,19,22,36,46-47H,8-18H2,1H3,(H,34,44)(H,35,43)(H,48,49)(H,50,51)(H,52,53)(H,54,55)(H,56,57)(H2,37,38,45,59)/t19-,22+/m0/s1. The zero-order chi connectivity index (χ0) is 44.2. The summed E-state index contributed by atoms with van der Waals surface area (Å²) < 4.78 is 0.594. The summed E-state index contributed by atoms with van der Waals surface area (Å²) in [7, 11) is 0. The van der Waals surface area contributed by atoms with Crippen LogP contribution in [0.1, 0.15) is 12.5 Å². The third-order valence-electron chi connectivity index (χ3n) is 7.79. The van der Waals surface area contributed by atoms with Gasteiger partial charge in [0.1, 0.15) is 6.54 Å². The van der Waals surface area contributed by atoms with E-state index < -0.39 is 124 Å². The molecule has 59 heavy (non-hydrogen) atoms. The van der Waals surface area contributed by atoms with Crippen LogP contribution < -0.4 is 31.7 Å². The Hall–Kier alpha value is -6.61. The quantitative estimate of drug-likeness (QED) is 0.0303. The first kappa shape index (κ1) is 48.5. The van der Waals surface area contributed by atoms with Gasteiger partial charge in [-0.25, -0.2) is 0 Å². The molecular formula is C33H45N9O16S. The monoisotopic (exact) mass is 855 g/mol. The van der Waals surface area contributed by atoms with Crippen LogP contribution in [0.3, 0.4) is 0 Å². The van der Waals surface area contributed by atoms with Crippen molar-refractivity contribution < 1.29 is 79.0 Å².